The zero-order valence-corrected chi connectivity index (χ0v) is 15.6. The van der Waals surface area contributed by atoms with E-state index in [0.717, 1.165) is 28.2 Å². The highest BCUT2D eigenvalue weighted by molar-refractivity contribution is 7.99. The van der Waals surface area contributed by atoms with E-state index in [1.165, 1.54) is 20.2 Å². The fraction of sp³-hybridized carbons (Fsp3) is 0.0476. The zero-order valence-electron chi connectivity index (χ0n) is 14.0. The molecule has 0 spiro atoms. The third-order valence-electron chi connectivity index (χ3n) is 4.44. The van der Waals surface area contributed by atoms with Gasteiger partial charge >= 0.3 is 0 Å². The summed E-state index contributed by atoms with van der Waals surface area (Å²) in [5.41, 5.74) is 6.54. The van der Waals surface area contributed by atoms with E-state index in [-0.39, 0.29) is 0 Å². The molecule has 1 radical (unpaired) electrons. The number of para-hydroxylation sites is 1. The highest BCUT2D eigenvalue weighted by Gasteiger charge is 2.23. The number of fused-ring (bicyclic) bond motifs is 2. The van der Waals surface area contributed by atoms with Crippen molar-refractivity contribution in [1.29, 1.82) is 0 Å². The SMILES string of the molecule is Cc1s[c]cc1-c1ccc2c(c1-c1cnccn1)Nc1ccccc1S2. The molecule has 1 N–H and O–H groups in total. The van der Waals surface area contributed by atoms with Gasteiger partial charge in [-0.05, 0) is 42.3 Å². The Bertz CT molecular complexity index is 1100. The molecule has 1 aliphatic heterocycles. The number of rotatable bonds is 2. The highest BCUT2D eigenvalue weighted by Crippen LogP contribution is 2.50. The van der Waals surface area contributed by atoms with E-state index in [1.807, 2.05) is 6.20 Å². The lowest BCUT2D eigenvalue weighted by Gasteiger charge is -2.25. The fourth-order valence-electron chi connectivity index (χ4n) is 3.22. The molecule has 0 atom stereocenters. The average molecular weight is 372 g/mol. The Hall–Kier alpha value is -2.63. The first kappa shape index (κ1) is 15.6. The fourth-order valence-corrected chi connectivity index (χ4v) is 4.86. The molecule has 3 heterocycles. The van der Waals surface area contributed by atoms with Crippen LogP contribution in [0.2, 0.25) is 0 Å². The number of thiophene rings is 1. The maximum atomic E-state index is 4.59. The van der Waals surface area contributed by atoms with Gasteiger partial charge in [0.2, 0.25) is 0 Å². The van der Waals surface area contributed by atoms with Crippen molar-refractivity contribution in [1.82, 2.24) is 9.97 Å². The van der Waals surface area contributed by atoms with Gasteiger partial charge in [0, 0.05) is 38.0 Å². The minimum atomic E-state index is 0.873. The summed E-state index contributed by atoms with van der Waals surface area (Å²) >= 11 is 3.43. The lowest BCUT2D eigenvalue weighted by atomic mass is 9.96. The number of hydrogen-bond acceptors (Lipinski definition) is 5. The minimum Gasteiger partial charge on any atom is -0.353 e. The molecule has 0 bridgehead atoms. The van der Waals surface area contributed by atoms with Gasteiger partial charge in [0.25, 0.3) is 0 Å². The first-order valence-corrected chi connectivity index (χ1v) is 9.89. The average Bonchev–Trinajstić information content (AvgIpc) is 3.12. The van der Waals surface area contributed by atoms with E-state index in [2.05, 4.69) is 70.1 Å². The van der Waals surface area contributed by atoms with Crippen LogP contribution in [0.25, 0.3) is 22.4 Å². The van der Waals surface area contributed by atoms with Crippen LogP contribution in [0.1, 0.15) is 4.88 Å². The largest absolute Gasteiger partial charge is 0.353 e. The molecule has 3 nitrogen and oxygen atoms in total. The molecular weight excluding hydrogens is 358 g/mol. The molecule has 0 amide bonds. The molecule has 1 aliphatic rings. The Morgan fingerprint density at radius 3 is 2.73 bits per heavy atom. The van der Waals surface area contributed by atoms with E-state index in [0.29, 0.717) is 0 Å². The van der Waals surface area contributed by atoms with E-state index >= 15 is 0 Å². The minimum absolute atomic E-state index is 0.873. The Morgan fingerprint density at radius 2 is 1.92 bits per heavy atom. The van der Waals surface area contributed by atoms with Crippen LogP contribution in [0.3, 0.4) is 0 Å². The second-order valence-corrected chi connectivity index (χ2v) is 8.15. The van der Waals surface area contributed by atoms with E-state index < -0.39 is 0 Å². The van der Waals surface area contributed by atoms with Gasteiger partial charge in [-0.2, -0.15) is 0 Å². The predicted octanol–water partition coefficient (Wildman–Crippen LogP) is 6.19. The van der Waals surface area contributed by atoms with Gasteiger partial charge in [-0.1, -0.05) is 30.0 Å². The Kier molecular flexibility index (Phi) is 3.76. The van der Waals surface area contributed by atoms with Gasteiger partial charge in [0.05, 0.1) is 23.3 Å². The number of nitrogens with zero attached hydrogens (tertiary/aromatic N) is 2. The van der Waals surface area contributed by atoms with E-state index in [9.17, 15) is 0 Å². The van der Waals surface area contributed by atoms with Crippen molar-refractivity contribution in [2.24, 2.45) is 0 Å². The molecule has 26 heavy (non-hydrogen) atoms. The van der Waals surface area contributed by atoms with Crippen LogP contribution in [0.5, 0.6) is 0 Å². The van der Waals surface area contributed by atoms with Crippen molar-refractivity contribution in [3.05, 3.63) is 71.3 Å². The first-order valence-electron chi connectivity index (χ1n) is 8.25. The summed E-state index contributed by atoms with van der Waals surface area (Å²) in [6.07, 6.45) is 5.28. The molecule has 0 unspecified atom stereocenters. The summed E-state index contributed by atoms with van der Waals surface area (Å²) in [6.45, 7) is 2.13. The second-order valence-electron chi connectivity index (χ2n) is 6.01. The van der Waals surface area contributed by atoms with Gasteiger partial charge < -0.3 is 5.32 Å². The van der Waals surface area contributed by atoms with Gasteiger partial charge in [-0.3, -0.25) is 9.97 Å². The smallest absolute Gasteiger partial charge is 0.0912 e. The Labute approximate surface area is 160 Å². The maximum Gasteiger partial charge on any atom is 0.0912 e. The quantitative estimate of drug-likeness (QED) is 0.401. The monoisotopic (exact) mass is 372 g/mol. The van der Waals surface area contributed by atoms with Crippen molar-refractivity contribution in [3.8, 4) is 22.4 Å². The molecule has 0 saturated heterocycles. The summed E-state index contributed by atoms with van der Waals surface area (Å²) < 4.78 is 0. The first-order chi connectivity index (χ1) is 12.8. The van der Waals surface area contributed by atoms with Crippen molar-refractivity contribution >= 4 is 34.5 Å². The lowest BCUT2D eigenvalue weighted by Crippen LogP contribution is -2.03. The summed E-state index contributed by atoms with van der Waals surface area (Å²) in [6, 6.07) is 14.8. The number of aromatic nitrogens is 2. The lowest BCUT2D eigenvalue weighted by molar-refractivity contribution is 1.20. The molecule has 0 aliphatic carbocycles. The number of aryl methyl sites for hydroxylation is 1. The highest BCUT2D eigenvalue weighted by atomic mass is 32.2. The van der Waals surface area contributed by atoms with Gasteiger partial charge in [-0.15, -0.1) is 11.3 Å². The Balaban J connectivity index is 1.78. The normalized spacial score (nSPS) is 12.2. The standard InChI is InChI=1S/C21H14N3S2/c1-13-14(8-11-25-13)15-6-7-19-21(20(15)17-12-22-9-10-23-17)24-16-4-2-3-5-18(16)26-19/h2-10,12,24H,1H3. The molecule has 2 aromatic carbocycles. The molecule has 0 fully saturated rings. The second kappa shape index (κ2) is 6.27. The van der Waals surface area contributed by atoms with Crippen LogP contribution < -0.4 is 5.32 Å². The molecule has 0 saturated carbocycles. The summed E-state index contributed by atoms with van der Waals surface area (Å²) in [5, 5.41) is 6.88. The molecule has 125 valence electrons. The van der Waals surface area contributed by atoms with Crippen LogP contribution in [0.15, 0.2) is 70.8 Å². The number of benzene rings is 2. The molecule has 5 rings (SSSR count). The van der Waals surface area contributed by atoms with Crippen LogP contribution in [-0.4, -0.2) is 9.97 Å². The van der Waals surface area contributed by atoms with Crippen LogP contribution in [0, 0.1) is 12.3 Å². The maximum absolute atomic E-state index is 4.59. The van der Waals surface area contributed by atoms with Crippen molar-refractivity contribution < 1.29 is 0 Å². The van der Waals surface area contributed by atoms with Gasteiger partial charge in [0.15, 0.2) is 0 Å². The molecule has 4 aromatic rings. The van der Waals surface area contributed by atoms with Gasteiger partial charge in [0.1, 0.15) is 0 Å². The topological polar surface area (TPSA) is 37.8 Å². The zero-order chi connectivity index (χ0) is 17.5. The number of hydrogen-bond donors (Lipinski definition) is 1. The molecule has 5 heteroatoms. The third-order valence-corrected chi connectivity index (χ3v) is 6.34. The van der Waals surface area contributed by atoms with Crippen molar-refractivity contribution in [3.63, 3.8) is 0 Å². The van der Waals surface area contributed by atoms with E-state index in [4.69, 9.17) is 0 Å². The van der Waals surface area contributed by atoms with E-state index in [1.54, 1.807) is 35.5 Å². The van der Waals surface area contributed by atoms with Crippen LogP contribution >= 0.6 is 23.1 Å². The van der Waals surface area contributed by atoms with Crippen LogP contribution in [-0.2, 0) is 0 Å². The van der Waals surface area contributed by atoms with Gasteiger partial charge in [-0.25, -0.2) is 0 Å². The predicted molar refractivity (Wildman–Crippen MR) is 108 cm³/mol. The summed E-state index contributed by atoms with van der Waals surface area (Å²) in [5.74, 6) is 0. The summed E-state index contributed by atoms with van der Waals surface area (Å²) in [7, 11) is 0. The van der Waals surface area contributed by atoms with Crippen molar-refractivity contribution in [2.75, 3.05) is 5.32 Å². The molecular formula is C21H14N3S2. The molecule has 2 aromatic heterocycles. The van der Waals surface area contributed by atoms with Crippen molar-refractivity contribution in [2.45, 2.75) is 16.7 Å². The third kappa shape index (κ3) is 2.52. The Morgan fingerprint density at radius 1 is 1.00 bits per heavy atom. The van der Waals surface area contributed by atoms with Crippen LogP contribution in [0.4, 0.5) is 11.4 Å². The number of nitrogens with one attached hydrogen (secondary N) is 1. The number of anilines is 2. The summed E-state index contributed by atoms with van der Waals surface area (Å²) in [4.78, 5) is 12.6.